The molecule has 0 atom stereocenters. The van der Waals surface area contributed by atoms with Gasteiger partial charge >= 0.3 is 0 Å². The van der Waals surface area contributed by atoms with Gasteiger partial charge in [-0.1, -0.05) is 11.2 Å². The molecular weight excluding hydrogens is 547 g/mol. The molecule has 4 aromatic heterocycles. The number of ether oxygens (including phenoxy) is 1. The van der Waals surface area contributed by atoms with E-state index in [0.717, 1.165) is 56.5 Å². The fourth-order valence-corrected chi connectivity index (χ4v) is 6.89. The Balaban J connectivity index is 0.972. The number of benzene rings is 1. The van der Waals surface area contributed by atoms with Gasteiger partial charge < -0.3 is 24.3 Å². The highest BCUT2D eigenvalue weighted by Gasteiger charge is 2.25. The van der Waals surface area contributed by atoms with E-state index in [9.17, 15) is 4.55 Å². The minimum atomic E-state index is -0.744. The quantitative estimate of drug-likeness (QED) is 0.290. The Morgan fingerprint density at radius 3 is 2.68 bits per heavy atom. The maximum atomic E-state index is 15.0. The van der Waals surface area contributed by atoms with Crippen molar-refractivity contribution in [3.05, 3.63) is 54.7 Å². The molecule has 0 radical (unpaired) electrons. The predicted octanol–water partition coefficient (Wildman–Crippen LogP) is 3.17. The monoisotopic (exact) mass is 578 g/mol. The highest BCUT2D eigenvalue weighted by molar-refractivity contribution is 7.91. The van der Waals surface area contributed by atoms with E-state index in [2.05, 4.69) is 25.0 Å². The van der Waals surface area contributed by atoms with Crippen LogP contribution in [-0.2, 0) is 17.7 Å². The van der Waals surface area contributed by atoms with E-state index < -0.39 is 11.2 Å². The molecule has 0 saturated carbocycles. The molecule has 0 bridgehead atoms. The number of nitrogens with zero attached hydrogens (tertiary/aromatic N) is 7. The first kappa shape index (κ1) is 26.1. The lowest BCUT2D eigenvalue weighted by molar-refractivity contribution is 0.189. The van der Waals surface area contributed by atoms with E-state index in [0.29, 0.717) is 46.6 Å². The number of hydrogen-bond acceptors (Lipinski definition) is 9. The third-order valence-electron chi connectivity index (χ3n) is 7.91. The molecule has 1 aromatic carbocycles. The van der Waals surface area contributed by atoms with Crippen LogP contribution in [0.5, 0.6) is 5.75 Å². The van der Waals surface area contributed by atoms with Gasteiger partial charge in [0.05, 0.1) is 35.6 Å². The van der Waals surface area contributed by atoms with E-state index in [-0.39, 0.29) is 17.9 Å². The second kappa shape index (κ2) is 10.9. The van der Waals surface area contributed by atoms with Gasteiger partial charge in [-0.25, -0.2) is 9.07 Å². The molecule has 41 heavy (non-hydrogen) atoms. The molecule has 0 unspecified atom stereocenters. The molecular formula is C28H31FN8O3S. The number of halogens is 1. The lowest BCUT2D eigenvalue weighted by atomic mass is 10.2. The van der Waals surface area contributed by atoms with Crippen molar-refractivity contribution < 1.29 is 18.1 Å². The second-order valence-electron chi connectivity index (χ2n) is 10.5. The van der Waals surface area contributed by atoms with Crippen LogP contribution in [0.15, 0.2) is 53.3 Å². The fraction of sp³-hybridized carbons (Fsp3) is 0.393. The predicted molar refractivity (Wildman–Crippen MR) is 155 cm³/mol. The van der Waals surface area contributed by atoms with Crippen molar-refractivity contribution in [2.75, 3.05) is 54.9 Å². The Bertz CT molecular complexity index is 1660. The summed E-state index contributed by atoms with van der Waals surface area (Å²) < 4.78 is 41.5. The van der Waals surface area contributed by atoms with Crippen LogP contribution in [0.25, 0.3) is 28.0 Å². The van der Waals surface area contributed by atoms with Crippen LogP contribution in [-0.4, -0.2) is 84.2 Å². The maximum Gasteiger partial charge on any atom is 0.223 e. The summed E-state index contributed by atoms with van der Waals surface area (Å²) in [4.78, 5) is 9.02. The minimum Gasteiger partial charge on any atom is -0.616 e. The Kier molecular flexibility index (Phi) is 6.93. The van der Waals surface area contributed by atoms with E-state index in [1.807, 2.05) is 35.0 Å². The number of hydrogen-bond donors (Lipinski definition) is 1. The van der Waals surface area contributed by atoms with Crippen molar-refractivity contribution in [3.8, 4) is 17.2 Å². The van der Waals surface area contributed by atoms with Crippen LogP contribution in [0.3, 0.4) is 0 Å². The first-order chi connectivity index (χ1) is 20.0. The second-order valence-corrected chi connectivity index (χ2v) is 12.2. The zero-order valence-electron chi connectivity index (χ0n) is 22.5. The van der Waals surface area contributed by atoms with Gasteiger partial charge in [0.2, 0.25) is 5.95 Å². The molecule has 0 aliphatic carbocycles. The van der Waals surface area contributed by atoms with Gasteiger partial charge in [0.15, 0.2) is 11.4 Å². The SMILES string of the molecule is Nc1nc2c(cnn2CCN2CCN(c3ccc(O[C@H]4CC[S@+]([O-])CC4)cc3F)CC2)c2cc(-c3ccco3)nn12. The van der Waals surface area contributed by atoms with E-state index in [4.69, 9.17) is 14.9 Å². The summed E-state index contributed by atoms with van der Waals surface area (Å²) in [6.07, 6.45) is 4.91. The first-order valence-corrected chi connectivity index (χ1v) is 15.3. The highest BCUT2D eigenvalue weighted by Crippen LogP contribution is 2.29. The van der Waals surface area contributed by atoms with Gasteiger partial charge in [0, 0.05) is 51.6 Å². The lowest BCUT2D eigenvalue weighted by Crippen LogP contribution is -2.47. The summed E-state index contributed by atoms with van der Waals surface area (Å²) in [6, 6.07) is 10.7. The number of fused-ring (bicyclic) bond motifs is 3. The Labute approximate surface area is 238 Å². The van der Waals surface area contributed by atoms with Crippen molar-refractivity contribution in [2.24, 2.45) is 0 Å². The third kappa shape index (κ3) is 5.20. The molecule has 5 aromatic rings. The van der Waals surface area contributed by atoms with Crippen molar-refractivity contribution in [1.29, 1.82) is 0 Å². The molecule has 0 spiro atoms. The maximum absolute atomic E-state index is 15.0. The van der Waals surface area contributed by atoms with Crippen LogP contribution in [0.2, 0.25) is 0 Å². The highest BCUT2D eigenvalue weighted by atomic mass is 32.2. The molecule has 13 heteroatoms. The van der Waals surface area contributed by atoms with Crippen molar-refractivity contribution in [1.82, 2.24) is 29.3 Å². The number of nitrogens with two attached hydrogens (primary N) is 1. The van der Waals surface area contributed by atoms with Gasteiger partial charge in [-0.05, 0) is 30.3 Å². The topological polar surface area (TPSA) is 126 Å². The van der Waals surface area contributed by atoms with Crippen LogP contribution in [0.4, 0.5) is 16.0 Å². The largest absolute Gasteiger partial charge is 0.616 e. The molecule has 214 valence electrons. The summed E-state index contributed by atoms with van der Waals surface area (Å²) >= 11 is -0.744. The fourth-order valence-electron chi connectivity index (χ4n) is 5.64. The first-order valence-electron chi connectivity index (χ1n) is 13.8. The van der Waals surface area contributed by atoms with Gasteiger partial charge in [0.1, 0.15) is 34.9 Å². The van der Waals surface area contributed by atoms with Crippen LogP contribution < -0.4 is 15.4 Å². The molecule has 2 aliphatic rings. The summed E-state index contributed by atoms with van der Waals surface area (Å²) in [7, 11) is 0. The number of aromatic nitrogens is 5. The average Bonchev–Trinajstić information content (AvgIpc) is 3.74. The summed E-state index contributed by atoms with van der Waals surface area (Å²) in [5, 5.41) is 10.0. The number of anilines is 2. The molecule has 2 N–H and O–H groups in total. The van der Waals surface area contributed by atoms with E-state index >= 15 is 4.39 Å². The van der Waals surface area contributed by atoms with Crippen LogP contribution in [0, 0.1) is 5.82 Å². The van der Waals surface area contributed by atoms with Gasteiger partial charge in [-0.3, -0.25) is 4.90 Å². The Hall–Kier alpha value is -3.81. The number of piperazine rings is 1. The summed E-state index contributed by atoms with van der Waals surface area (Å²) in [6.45, 7) is 4.51. The van der Waals surface area contributed by atoms with E-state index in [1.165, 1.54) is 6.07 Å². The van der Waals surface area contributed by atoms with Crippen molar-refractivity contribution >= 4 is 39.4 Å². The molecule has 0 amide bonds. The molecule has 6 heterocycles. The molecule has 11 nitrogen and oxygen atoms in total. The van der Waals surface area contributed by atoms with Gasteiger partial charge in [-0.15, -0.1) is 0 Å². The summed E-state index contributed by atoms with van der Waals surface area (Å²) in [5.41, 5.74) is 9.07. The molecule has 7 rings (SSSR count). The standard InChI is InChI=1S/C28H31FN8O3S/c29-22-16-20(40-19-5-14-41(38)15-6-19)3-4-24(22)35-10-7-34(8-11-35)9-12-36-27-21(18-31-36)25-17-23(26-2-1-13-39-26)33-37(25)28(30)32-27/h1-4,13,16-19H,5-12,14-15H2,(H2,30,32)/t19-,41-. The third-order valence-corrected chi connectivity index (χ3v) is 9.29. The zero-order valence-corrected chi connectivity index (χ0v) is 23.3. The van der Waals surface area contributed by atoms with Crippen LogP contribution >= 0.6 is 0 Å². The number of furan rings is 1. The van der Waals surface area contributed by atoms with Gasteiger partial charge in [-0.2, -0.15) is 19.7 Å². The molecule has 2 saturated heterocycles. The molecule has 2 aliphatic heterocycles. The normalized spacial score (nSPS) is 20.3. The smallest absolute Gasteiger partial charge is 0.223 e. The number of nitrogen functional groups attached to an aromatic ring is 1. The number of rotatable bonds is 7. The summed E-state index contributed by atoms with van der Waals surface area (Å²) in [5.74, 6) is 2.51. The lowest BCUT2D eigenvalue weighted by Gasteiger charge is -2.36. The Morgan fingerprint density at radius 1 is 1.10 bits per heavy atom. The van der Waals surface area contributed by atoms with Crippen LogP contribution in [0.1, 0.15) is 12.8 Å². The van der Waals surface area contributed by atoms with E-state index in [1.54, 1.807) is 17.0 Å². The minimum absolute atomic E-state index is 0.00498. The zero-order chi connectivity index (χ0) is 27.9. The van der Waals surface area contributed by atoms with Crippen molar-refractivity contribution in [2.45, 2.75) is 25.5 Å². The Morgan fingerprint density at radius 2 is 1.93 bits per heavy atom. The average molecular weight is 579 g/mol. The van der Waals surface area contributed by atoms with Gasteiger partial charge in [0.25, 0.3) is 0 Å². The molecule has 2 fully saturated rings. The van der Waals surface area contributed by atoms with Crippen molar-refractivity contribution in [3.63, 3.8) is 0 Å².